The van der Waals surface area contributed by atoms with Crippen LogP contribution in [0.3, 0.4) is 0 Å². The molecule has 0 aliphatic heterocycles. The molecule has 176 valence electrons. The van der Waals surface area contributed by atoms with E-state index in [1.165, 1.54) is 0 Å². The lowest BCUT2D eigenvalue weighted by atomic mass is 10.1. The molecule has 2 N–H and O–H groups in total. The Labute approximate surface area is 214 Å². The van der Waals surface area contributed by atoms with E-state index in [9.17, 15) is 9.59 Å². The fourth-order valence-corrected chi connectivity index (χ4v) is 5.01. The van der Waals surface area contributed by atoms with Crippen LogP contribution < -0.4 is 16.1 Å². The number of nitrogens with two attached hydrogens (primary N) is 1. The SMILES string of the molecule is COc1cccc(Cc2nc3cc4c(C)c(C(N)=O)c(=O)oc4cc3n2Cc2cccc(I)c2)c1. The lowest BCUT2D eigenvalue weighted by molar-refractivity contribution is 0.0996. The Balaban J connectivity index is 1.72. The Bertz CT molecular complexity index is 1670. The first-order chi connectivity index (χ1) is 16.8. The number of halogens is 1. The van der Waals surface area contributed by atoms with Gasteiger partial charge in [0.25, 0.3) is 5.91 Å². The van der Waals surface area contributed by atoms with Crippen molar-refractivity contribution < 1.29 is 13.9 Å². The Kier molecular flexibility index (Phi) is 6.06. The van der Waals surface area contributed by atoms with Gasteiger partial charge in [0, 0.05) is 28.0 Å². The predicted octanol–water partition coefficient (Wildman–Crippen LogP) is 4.80. The number of fused-ring (bicyclic) bond motifs is 2. The summed E-state index contributed by atoms with van der Waals surface area (Å²) < 4.78 is 14.2. The van der Waals surface area contributed by atoms with Gasteiger partial charge in [0.2, 0.25) is 0 Å². The Morgan fingerprint density at radius 3 is 2.63 bits per heavy atom. The maximum absolute atomic E-state index is 12.4. The summed E-state index contributed by atoms with van der Waals surface area (Å²) in [7, 11) is 1.65. The quantitative estimate of drug-likeness (QED) is 0.230. The predicted molar refractivity (Wildman–Crippen MR) is 143 cm³/mol. The molecule has 0 unspecified atom stereocenters. The monoisotopic (exact) mass is 579 g/mol. The molecule has 8 heteroatoms. The molecule has 7 nitrogen and oxygen atoms in total. The number of amides is 1. The van der Waals surface area contributed by atoms with Gasteiger partial charge in [-0.25, -0.2) is 9.78 Å². The van der Waals surface area contributed by atoms with E-state index < -0.39 is 11.5 Å². The molecular formula is C27H22IN3O4. The first-order valence-corrected chi connectivity index (χ1v) is 12.1. The largest absolute Gasteiger partial charge is 0.497 e. The van der Waals surface area contributed by atoms with Gasteiger partial charge in [-0.1, -0.05) is 24.3 Å². The van der Waals surface area contributed by atoms with Crippen molar-refractivity contribution in [1.29, 1.82) is 0 Å². The van der Waals surface area contributed by atoms with Gasteiger partial charge in [0.15, 0.2) is 0 Å². The number of aromatic nitrogens is 2. The second-order valence-corrected chi connectivity index (χ2v) is 9.61. The van der Waals surface area contributed by atoms with Crippen LogP contribution in [-0.2, 0) is 13.0 Å². The van der Waals surface area contributed by atoms with Crippen molar-refractivity contribution in [3.8, 4) is 5.75 Å². The van der Waals surface area contributed by atoms with Gasteiger partial charge < -0.3 is 19.5 Å². The number of imidazole rings is 1. The number of hydrogen-bond donors (Lipinski definition) is 1. The van der Waals surface area contributed by atoms with Crippen LogP contribution in [0.5, 0.6) is 5.75 Å². The van der Waals surface area contributed by atoms with Crippen LogP contribution in [0.15, 0.2) is 69.9 Å². The van der Waals surface area contributed by atoms with Crippen LogP contribution in [-0.4, -0.2) is 22.6 Å². The molecule has 0 saturated heterocycles. The first kappa shape index (κ1) is 23.1. The molecule has 5 aromatic rings. The zero-order valence-electron chi connectivity index (χ0n) is 19.2. The summed E-state index contributed by atoms with van der Waals surface area (Å²) in [5.74, 6) is 0.837. The smallest absolute Gasteiger partial charge is 0.349 e. The number of aryl methyl sites for hydroxylation is 1. The van der Waals surface area contributed by atoms with E-state index in [1.807, 2.05) is 42.5 Å². The minimum Gasteiger partial charge on any atom is -0.497 e. The fourth-order valence-electron chi connectivity index (χ4n) is 4.40. The third kappa shape index (κ3) is 4.41. The van der Waals surface area contributed by atoms with Gasteiger partial charge in [-0.05, 0) is 76.5 Å². The van der Waals surface area contributed by atoms with E-state index in [4.69, 9.17) is 19.9 Å². The summed E-state index contributed by atoms with van der Waals surface area (Å²) in [5.41, 5.74) is 9.21. The molecule has 0 fully saturated rings. The minimum absolute atomic E-state index is 0.133. The maximum Gasteiger partial charge on any atom is 0.349 e. The van der Waals surface area contributed by atoms with Crippen molar-refractivity contribution in [2.24, 2.45) is 5.73 Å². The summed E-state index contributed by atoms with van der Waals surface area (Å²) in [6.07, 6.45) is 0.585. The number of hydrogen-bond acceptors (Lipinski definition) is 5. The van der Waals surface area contributed by atoms with E-state index >= 15 is 0 Å². The topological polar surface area (TPSA) is 100 Å². The Morgan fingerprint density at radius 1 is 1.11 bits per heavy atom. The molecule has 35 heavy (non-hydrogen) atoms. The zero-order valence-corrected chi connectivity index (χ0v) is 21.3. The highest BCUT2D eigenvalue weighted by Crippen LogP contribution is 2.28. The van der Waals surface area contributed by atoms with Crippen LogP contribution in [0.4, 0.5) is 0 Å². The van der Waals surface area contributed by atoms with Gasteiger partial charge in [-0.3, -0.25) is 4.79 Å². The molecule has 2 heterocycles. The average Bonchev–Trinajstić information content (AvgIpc) is 3.13. The normalized spacial score (nSPS) is 11.3. The van der Waals surface area contributed by atoms with E-state index in [0.29, 0.717) is 29.5 Å². The molecule has 1 amide bonds. The Morgan fingerprint density at radius 2 is 1.89 bits per heavy atom. The molecule has 5 rings (SSSR count). The summed E-state index contributed by atoms with van der Waals surface area (Å²) in [5, 5.41) is 0.637. The molecule has 0 aliphatic carbocycles. The van der Waals surface area contributed by atoms with Crippen LogP contribution in [0.1, 0.15) is 32.9 Å². The van der Waals surface area contributed by atoms with Crippen molar-refractivity contribution in [1.82, 2.24) is 9.55 Å². The molecular weight excluding hydrogens is 557 g/mol. The summed E-state index contributed by atoms with van der Waals surface area (Å²) in [6.45, 7) is 2.30. The number of benzene rings is 3. The number of ether oxygens (including phenoxy) is 1. The molecule has 0 bridgehead atoms. The highest BCUT2D eigenvalue weighted by Gasteiger charge is 2.19. The fraction of sp³-hybridized carbons (Fsp3) is 0.148. The van der Waals surface area contributed by atoms with Gasteiger partial charge in [-0.15, -0.1) is 0 Å². The average molecular weight is 579 g/mol. The van der Waals surface area contributed by atoms with Crippen LogP contribution in [0.25, 0.3) is 22.0 Å². The molecule has 2 aromatic heterocycles. The second kappa shape index (κ2) is 9.18. The van der Waals surface area contributed by atoms with E-state index in [1.54, 1.807) is 14.0 Å². The van der Waals surface area contributed by atoms with E-state index in [2.05, 4.69) is 45.4 Å². The van der Waals surface area contributed by atoms with Gasteiger partial charge in [0.05, 0.1) is 18.1 Å². The number of rotatable bonds is 6. The molecule has 0 radical (unpaired) electrons. The number of carbonyl (C=O) groups is 1. The Hall–Kier alpha value is -3.66. The standard InChI is InChI=1S/C27H22IN3O4/c1-15-20-12-21-22(13-23(20)35-27(33)25(15)26(29)32)31(14-17-6-3-7-18(28)9-17)24(30-21)11-16-5-4-8-19(10-16)34-2/h3-10,12-13H,11,14H2,1-2H3,(H2,29,32). The summed E-state index contributed by atoms with van der Waals surface area (Å²) in [4.78, 5) is 29.2. The highest BCUT2D eigenvalue weighted by atomic mass is 127. The number of primary amides is 1. The molecule has 0 aliphatic rings. The van der Waals surface area contributed by atoms with Crippen molar-refractivity contribution in [2.45, 2.75) is 19.9 Å². The van der Waals surface area contributed by atoms with E-state index in [-0.39, 0.29) is 5.56 Å². The van der Waals surface area contributed by atoms with Crippen molar-refractivity contribution in [2.75, 3.05) is 7.11 Å². The minimum atomic E-state index is -0.804. The third-order valence-electron chi connectivity index (χ3n) is 6.09. The van der Waals surface area contributed by atoms with E-state index in [0.717, 1.165) is 37.3 Å². The summed E-state index contributed by atoms with van der Waals surface area (Å²) >= 11 is 2.30. The second-order valence-electron chi connectivity index (χ2n) is 8.36. The van der Waals surface area contributed by atoms with Gasteiger partial charge in [0.1, 0.15) is 22.7 Å². The lowest BCUT2D eigenvalue weighted by Gasteiger charge is -2.11. The van der Waals surface area contributed by atoms with Crippen LogP contribution in [0, 0.1) is 10.5 Å². The lowest BCUT2D eigenvalue weighted by Crippen LogP contribution is -2.22. The van der Waals surface area contributed by atoms with Crippen LogP contribution in [0.2, 0.25) is 0 Å². The molecule has 0 atom stereocenters. The van der Waals surface area contributed by atoms with Gasteiger partial charge >= 0.3 is 5.63 Å². The highest BCUT2D eigenvalue weighted by molar-refractivity contribution is 14.1. The molecule has 3 aromatic carbocycles. The number of methoxy groups -OCH3 is 1. The number of nitrogens with zero attached hydrogens (tertiary/aromatic N) is 2. The molecule has 0 saturated carbocycles. The zero-order chi connectivity index (χ0) is 24.7. The van der Waals surface area contributed by atoms with Crippen LogP contribution >= 0.6 is 22.6 Å². The summed E-state index contributed by atoms with van der Waals surface area (Å²) in [6, 6.07) is 19.9. The van der Waals surface area contributed by atoms with Crippen molar-refractivity contribution in [3.63, 3.8) is 0 Å². The van der Waals surface area contributed by atoms with Crippen molar-refractivity contribution in [3.05, 3.63) is 103 Å². The number of carbonyl (C=O) groups excluding carboxylic acids is 1. The first-order valence-electron chi connectivity index (χ1n) is 11.0. The third-order valence-corrected chi connectivity index (χ3v) is 6.76. The molecule has 0 spiro atoms. The van der Waals surface area contributed by atoms with Crippen molar-refractivity contribution >= 4 is 50.5 Å². The van der Waals surface area contributed by atoms with Gasteiger partial charge in [-0.2, -0.15) is 0 Å². The maximum atomic E-state index is 12.4.